The highest BCUT2D eigenvalue weighted by Gasteiger charge is 2.12. The van der Waals surface area contributed by atoms with Crippen molar-refractivity contribution >= 4 is 17.4 Å². The summed E-state index contributed by atoms with van der Waals surface area (Å²) in [6.45, 7) is 3.31. The van der Waals surface area contributed by atoms with Crippen LogP contribution in [0, 0.1) is 6.92 Å². The van der Waals surface area contributed by atoms with Crippen LogP contribution in [0.15, 0.2) is 42.5 Å². The maximum absolute atomic E-state index is 12.1. The van der Waals surface area contributed by atoms with Crippen molar-refractivity contribution in [3.8, 4) is 5.75 Å². The van der Waals surface area contributed by atoms with Gasteiger partial charge in [0.1, 0.15) is 5.75 Å². The first-order valence-electron chi connectivity index (χ1n) is 6.19. The molecule has 2 aromatic carbocycles. The minimum atomic E-state index is -0.410. The van der Waals surface area contributed by atoms with Gasteiger partial charge in [0.05, 0.1) is 5.56 Å². The lowest BCUT2D eigenvalue weighted by Crippen LogP contribution is -2.12. The Morgan fingerprint density at radius 3 is 2.55 bits per heavy atom. The largest absolute Gasteiger partial charge is 0.507 e. The number of amides is 1. The Morgan fingerprint density at radius 2 is 1.85 bits per heavy atom. The molecule has 0 atom stereocenters. The molecule has 0 aromatic heterocycles. The summed E-state index contributed by atoms with van der Waals surface area (Å²) >= 11 is 0. The van der Waals surface area contributed by atoms with Gasteiger partial charge >= 0.3 is 0 Å². The molecule has 0 saturated heterocycles. The molecule has 0 radical (unpaired) electrons. The monoisotopic (exact) mass is 269 g/mol. The molecule has 20 heavy (non-hydrogen) atoms. The van der Waals surface area contributed by atoms with Crippen LogP contribution in [0.4, 0.5) is 5.69 Å². The predicted octanol–water partition coefficient (Wildman–Crippen LogP) is 3.16. The minimum Gasteiger partial charge on any atom is -0.507 e. The number of anilines is 1. The fourth-order valence-electron chi connectivity index (χ4n) is 1.85. The Labute approximate surface area is 117 Å². The van der Waals surface area contributed by atoms with E-state index in [2.05, 4.69) is 5.32 Å². The van der Waals surface area contributed by atoms with E-state index in [9.17, 15) is 14.7 Å². The number of nitrogens with one attached hydrogen (secondary N) is 1. The predicted molar refractivity (Wildman–Crippen MR) is 77.2 cm³/mol. The van der Waals surface area contributed by atoms with Crippen LogP contribution in [0.3, 0.4) is 0 Å². The van der Waals surface area contributed by atoms with Gasteiger partial charge in [0.25, 0.3) is 5.91 Å². The number of benzene rings is 2. The topological polar surface area (TPSA) is 66.4 Å². The van der Waals surface area contributed by atoms with Gasteiger partial charge < -0.3 is 10.4 Å². The molecule has 2 N–H and O–H groups in total. The summed E-state index contributed by atoms with van der Waals surface area (Å²) in [5.41, 5.74) is 2.13. The Bertz CT molecular complexity index is 677. The van der Waals surface area contributed by atoms with Crippen molar-refractivity contribution in [2.24, 2.45) is 0 Å². The number of hydrogen-bond donors (Lipinski definition) is 2. The maximum Gasteiger partial charge on any atom is 0.259 e. The van der Waals surface area contributed by atoms with E-state index in [-0.39, 0.29) is 17.1 Å². The second kappa shape index (κ2) is 5.57. The zero-order chi connectivity index (χ0) is 14.7. The van der Waals surface area contributed by atoms with Crippen LogP contribution in [0.1, 0.15) is 33.2 Å². The molecule has 2 rings (SSSR count). The van der Waals surface area contributed by atoms with Crippen molar-refractivity contribution in [3.05, 3.63) is 59.2 Å². The van der Waals surface area contributed by atoms with Gasteiger partial charge in [-0.15, -0.1) is 0 Å². The molecular formula is C16H15NO3. The molecule has 0 spiro atoms. The van der Waals surface area contributed by atoms with Crippen LogP contribution in [0.2, 0.25) is 0 Å². The van der Waals surface area contributed by atoms with Crippen LogP contribution < -0.4 is 5.32 Å². The van der Waals surface area contributed by atoms with Gasteiger partial charge in [-0.1, -0.05) is 23.8 Å². The first-order chi connectivity index (χ1) is 9.47. The third-order valence-electron chi connectivity index (χ3n) is 2.92. The van der Waals surface area contributed by atoms with E-state index in [1.807, 2.05) is 6.92 Å². The molecule has 1 amide bonds. The zero-order valence-corrected chi connectivity index (χ0v) is 11.3. The van der Waals surface area contributed by atoms with Crippen molar-refractivity contribution in [1.29, 1.82) is 0 Å². The van der Waals surface area contributed by atoms with E-state index < -0.39 is 5.91 Å². The number of hydrogen-bond acceptors (Lipinski definition) is 3. The average Bonchev–Trinajstić information content (AvgIpc) is 2.41. The van der Waals surface area contributed by atoms with Crippen molar-refractivity contribution in [3.63, 3.8) is 0 Å². The van der Waals surface area contributed by atoms with Crippen molar-refractivity contribution in [2.45, 2.75) is 13.8 Å². The van der Waals surface area contributed by atoms with E-state index in [0.29, 0.717) is 11.3 Å². The number of aryl methyl sites for hydroxylation is 1. The molecule has 0 saturated carbocycles. The van der Waals surface area contributed by atoms with Gasteiger partial charge in [-0.3, -0.25) is 9.59 Å². The van der Waals surface area contributed by atoms with Gasteiger partial charge in [-0.2, -0.15) is 0 Å². The summed E-state index contributed by atoms with van der Waals surface area (Å²) < 4.78 is 0. The quantitative estimate of drug-likeness (QED) is 0.841. The lowest BCUT2D eigenvalue weighted by molar-refractivity contribution is 0.101. The summed E-state index contributed by atoms with van der Waals surface area (Å²) in [6, 6.07) is 11.5. The fraction of sp³-hybridized carbons (Fsp3) is 0.125. The van der Waals surface area contributed by atoms with Gasteiger partial charge in [-0.25, -0.2) is 0 Å². The van der Waals surface area contributed by atoms with Gasteiger partial charge in [0.2, 0.25) is 0 Å². The van der Waals surface area contributed by atoms with Crippen LogP contribution in [-0.2, 0) is 0 Å². The summed E-state index contributed by atoms with van der Waals surface area (Å²) in [7, 11) is 0. The van der Waals surface area contributed by atoms with Gasteiger partial charge in [0, 0.05) is 11.3 Å². The van der Waals surface area contributed by atoms with Crippen molar-refractivity contribution < 1.29 is 14.7 Å². The van der Waals surface area contributed by atoms with Gasteiger partial charge in [-0.05, 0) is 38.1 Å². The van der Waals surface area contributed by atoms with E-state index in [4.69, 9.17) is 0 Å². The average molecular weight is 269 g/mol. The molecule has 2 aromatic rings. The highest BCUT2D eigenvalue weighted by atomic mass is 16.3. The van der Waals surface area contributed by atoms with Crippen LogP contribution in [0.5, 0.6) is 5.75 Å². The Balaban J connectivity index is 2.25. The molecule has 0 aliphatic rings. The van der Waals surface area contributed by atoms with Crippen molar-refractivity contribution in [2.75, 3.05) is 5.32 Å². The SMILES string of the molecule is CC(=O)c1cccc(NC(=O)c2cc(C)ccc2O)c1. The highest BCUT2D eigenvalue weighted by molar-refractivity contribution is 6.06. The third-order valence-corrected chi connectivity index (χ3v) is 2.92. The number of phenols is 1. The number of phenolic OH excluding ortho intramolecular Hbond substituents is 1. The molecule has 0 aliphatic heterocycles. The van der Waals surface area contributed by atoms with E-state index in [1.165, 1.54) is 13.0 Å². The molecule has 0 bridgehead atoms. The summed E-state index contributed by atoms with van der Waals surface area (Å²) in [5.74, 6) is -0.553. The third kappa shape index (κ3) is 3.03. The molecule has 0 unspecified atom stereocenters. The summed E-state index contributed by atoms with van der Waals surface area (Å²) in [5, 5.41) is 12.4. The normalized spacial score (nSPS) is 10.1. The smallest absolute Gasteiger partial charge is 0.259 e. The molecule has 0 aliphatic carbocycles. The maximum atomic E-state index is 12.1. The van der Waals surface area contributed by atoms with Crippen molar-refractivity contribution in [1.82, 2.24) is 0 Å². The number of carbonyl (C=O) groups is 2. The lowest BCUT2D eigenvalue weighted by Gasteiger charge is -2.08. The van der Waals surface area contributed by atoms with Gasteiger partial charge in [0.15, 0.2) is 5.78 Å². The Kier molecular flexibility index (Phi) is 3.84. The fourth-order valence-corrected chi connectivity index (χ4v) is 1.85. The second-order valence-electron chi connectivity index (χ2n) is 4.61. The first kappa shape index (κ1) is 13.8. The Hall–Kier alpha value is -2.62. The van der Waals surface area contributed by atoms with Crippen LogP contribution >= 0.6 is 0 Å². The molecule has 102 valence electrons. The minimum absolute atomic E-state index is 0.0699. The zero-order valence-electron chi connectivity index (χ0n) is 11.3. The molecule has 4 nitrogen and oxygen atoms in total. The highest BCUT2D eigenvalue weighted by Crippen LogP contribution is 2.20. The summed E-state index contributed by atoms with van der Waals surface area (Å²) in [4.78, 5) is 23.4. The standard InChI is InChI=1S/C16H15NO3/c1-10-6-7-15(19)14(8-10)16(20)17-13-5-3-4-12(9-13)11(2)18/h3-9,19H,1-2H3,(H,17,20). The number of rotatable bonds is 3. The number of aromatic hydroxyl groups is 1. The number of ketones is 1. The first-order valence-corrected chi connectivity index (χ1v) is 6.19. The number of Topliss-reactive ketones (excluding diaryl/α,β-unsaturated/α-hetero) is 1. The summed E-state index contributed by atoms with van der Waals surface area (Å²) in [6.07, 6.45) is 0. The molecular weight excluding hydrogens is 254 g/mol. The van der Waals surface area contributed by atoms with Crippen LogP contribution in [0.25, 0.3) is 0 Å². The Morgan fingerprint density at radius 1 is 1.10 bits per heavy atom. The molecule has 0 fully saturated rings. The second-order valence-corrected chi connectivity index (χ2v) is 4.61. The van der Waals surface area contributed by atoms with Crippen LogP contribution in [-0.4, -0.2) is 16.8 Å². The van der Waals surface area contributed by atoms with E-state index in [1.54, 1.807) is 36.4 Å². The van der Waals surface area contributed by atoms with E-state index >= 15 is 0 Å². The molecule has 0 heterocycles. The van der Waals surface area contributed by atoms with E-state index in [0.717, 1.165) is 5.56 Å². The number of carbonyl (C=O) groups excluding carboxylic acids is 2. The molecule has 4 heteroatoms. The lowest BCUT2D eigenvalue weighted by atomic mass is 10.1.